The van der Waals surface area contributed by atoms with Crippen LogP contribution in [-0.2, 0) is 15.9 Å². The van der Waals surface area contributed by atoms with E-state index < -0.39 is 0 Å². The van der Waals surface area contributed by atoms with Gasteiger partial charge in [-0.3, -0.25) is 4.90 Å². The van der Waals surface area contributed by atoms with E-state index >= 15 is 0 Å². The highest BCUT2D eigenvalue weighted by atomic mass is 16.5. The fourth-order valence-electron chi connectivity index (χ4n) is 2.68. The number of anilines is 1. The molecule has 4 nitrogen and oxygen atoms in total. The van der Waals surface area contributed by atoms with Crippen molar-refractivity contribution in [2.75, 3.05) is 32.6 Å². The van der Waals surface area contributed by atoms with Crippen molar-refractivity contribution in [3.05, 3.63) is 29.3 Å². The zero-order valence-corrected chi connectivity index (χ0v) is 10.1. The number of nitrogens with two attached hydrogens (primary N) is 1. The number of fused-ring (bicyclic) bond motifs is 1. The topological polar surface area (TPSA) is 47.7 Å². The Balaban J connectivity index is 1.91. The van der Waals surface area contributed by atoms with Gasteiger partial charge in [-0.25, -0.2) is 0 Å². The molecule has 17 heavy (non-hydrogen) atoms. The average molecular weight is 234 g/mol. The number of methoxy groups -OCH3 is 1. The number of rotatable bonds is 2. The Labute approximate surface area is 101 Å². The Bertz CT molecular complexity index is 418. The van der Waals surface area contributed by atoms with Gasteiger partial charge in [0.1, 0.15) is 6.23 Å². The highest BCUT2D eigenvalue weighted by Crippen LogP contribution is 2.34. The van der Waals surface area contributed by atoms with Gasteiger partial charge < -0.3 is 15.2 Å². The summed E-state index contributed by atoms with van der Waals surface area (Å²) in [6.07, 6.45) is 1.09. The number of nitrogen functional groups attached to an aromatic ring is 1. The molecular formula is C13H18N2O2. The molecule has 2 aliphatic heterocycles. The minimum Gasteiger partial charge on any atom is -0.399 e. The first-order chi connectivity index (χ1) is 8.29. The van der Waals surface area contributed by atoms with Crippen LogP contribution in [0.15, 0.2) is 18.2 Å². The maximum absolute atomic E-state index is 5.83. The fraction of sp³-hybridized carbons (Fsp3) is 0.538. The normalized spacial score (nSPS) is 25.4. The number of hydrogen-bond acceptors (Lipinski definition) is 4. The monoisotopic (exact) mass is 234 g/mol. The third-order valence-corrected chi connectivity index (χ3v) is 3.69. The largest absolute Gasteiger partial charge is 0.399 e. The smallest absolute Gasteiger partial charge is 0.137 e. The van der Waals surface area contributed by atoms with Crippen LogP contribution in [0.4, 0.5) is 5.69 Å². The summed E-state index contributed by atoms with van der Waals surface area (Å²) in [6.45, 7) is 2.66. The van der Waals surface area contributed by atoms with E-state index in [1.165, 1.54) is 11.1 Å². The molecule has 2 aliphatic rings. The molecule has 0 bridgehead atoms. The summed E-state index contributed by atoms with van der Waals surface area (Å²) < 4.78 is 10.9. The van der Waals surface area contributed by atoms with Crippen LogP contribution in [0.1, 0.15) is 17.4 Å². The number of benzene rings is 1. The van der Waals surface area contributed by atoms with Crippen molar-refractivity contribution < 1.29 is 9.47 Å². The molecular weight excluding hydrogens is 216 g/mol. The first kappa shape index (κ1) is 11.0. The van der Waals surface area contributed by atoms with Crippen LogP contribution in [0.25, 0.3) is 0 Å². The van der Waals surface area contributed by atoms with E-state index in [0.29, 0.717) is 6.04 Å². The van der Waals surface area contributed by atoms with E-state index in [0.717, 1.165) is 31.9 Å². The summed E-state index contributed by atoms with van der Waals surface area (Å²) in [4.78, 5) is 2.39. The molecule has 0 amide bonds. The van der Waals surface area contributed by atoms with Crippen molar-refractivity contribution in [2.45, 2.75) is 18.7 Å². The van der Waals surface area contributed by atoms with E-state index in [4.69, 9.17) is 15.2 Å². The van der Waals surface area contributed by atoms with E-state index in [-0.39, 0.29) is 6.23 Å². The quantitative estimate of drug-likeness (QED) is 0.780. The summed E-state index contributed by atoms with van der Waals surface area (Å²) in [7, 11) is 1.77. The lowest BCUT2D eigenvalue weighted by molar-refractivity contribution is -0.141. The van der Waals surface area contributed by atoms with Crippen LogP contribution in [0.2, 0.25) is 0 Å². The summed E-state index contributed by atoms with van der Waals surface area (Å²) in [5, 5.41) is 0. The Morgan fingerprint density at radius 2 is 2.24 bits per heavy atom. The molecule has 3 rings (SSSR count). The van der Waals surface area contributed by atoms with Crippen LogP contribution in [-0.4, -0.2) is 37.8 Å². The molecule has 1 unspecified atom stereocenters. The second-order valence-electron chi connectivity index (χ2n) is 4.73. The number of ether oxygens (including phenoxy) is 2. The van der Waals surface area contributed by atoms with Gasteiger partial charge in [0.2, 0.25) is 0 Å². The molecule has 0 aliphatic carbocycles. The lowest BCUT2D eigenvalue weighted by Crippen LogP contribution is -2.53. The van der Waals surface area contributed by atoms with Gasteiger partial charge in [-0.15, -0.1) is 0 Å². The SMILES string of the molecule is COC1c2ccc(N)cc2CCN1C1COC1. The van der Waals surface area contributed by atoms with Gasteiger partial charge in [-0.1, -0.05) is 6.07 Å². The Hall–Kier alpha value is -1.10. The van der Waals surface area contributed by atoms with E-state index in [1.54, 1.807) is 7.11 Å². The summed E-state index contributed by atoms with van der Waals surface area (Å²) >= 11 is 0. The van der Waals surface area contributed by atoms with Gasteiger partial charge in [0, 0.05) is 19.3 Å². The second-order valence-corrected chi connectivity index (χ2v) is 4.73. The predicted octanol–water partition coefficient (Wildman–Crippen LogP) is 1.17. The first-order valence-electron chi connectivity index (χ1n) is 6.04. The minimum absolute atomic E-state index is 0.0493. The number of nitrogens with zero attached hydrogens (tertiary/aromatic N) is 1. The molecule has 0 aromatic heterocycles. The van der Waals surface area contributed by atoms with Gasteiger partial charge in [0.25, 0.3) is 0 Å². The lowest BCUT2D eigenvalue weighted by Gasteiger charge is -2.44. The van der Waals surface area contributed by atoms with Gasteiger partial charge in [0.15, 0.2) is 0 Å². The Morgan fingerprint density at radius 1 is 1.41 bits per heavy atom. The van der Waals surface area contributed by atoms with Gasteiger partial charge in [0.05, 0.1) is 19.3 Å². The molecule has 92 valence electrons. The highest BCUT2D eigenvalue weighted by Gasteiger charge is 2.35. The van der Waals surface area contributed by atoms with Gasteiger partial charge >= 0.3 is 0 Å². The van der Waals surface area contributed by atoms with E-state index in [1.807, 2.05) is 6.07 Å². The zero-order chi connectivity index (χ0) is 11.8. The zero-order valence-electron chi connectivity index (χ0n) is 10.1. The molecule has 0 saturated carbocycles. The van der Waals surface area contributed by atoms with Gasteiger partial charge in [-0.2, -0.15) is 0 Å². The van der Waals surface area contributed by atoms with E-state index in [2.05, 4.69) is 17.0 Å². The van der Waals surface area contributed by atoms with Crippen LogP contribution < -0.4 is 5.73 Å². The summed E-state index contributed by atoms with van der Waals surface area (Å²) in [5.74, 6) is 0. The first-order valence-corrected chi connectivity index (χ1v) is 6.04. The van der Waals surface area contributed by atoms with Gasteiger partial charge in [-0.05, 0) is 29.7 Å². The molecule has 4 heteroatoms. The maximum atomic E-state index is 5.83. The summed E-state index contributed by atoms with van der Waals surface area (Å²) in [5.41, 5.74) is 9.22. The molecule has 0 radical (unpaired) electrons. The minimum atomic E-state index is 0.0493. The Morgan fingerprint density at radius 3 is 2.88 bits per heavy atom. The van der Waals surface area contributed by atoms with E-state index in [9.17, 15) is 0 Å². The van der Waals surface area contributed by atoms with Crippen LogP contribution >= 0.6 is 0 Å². The maximum Gasteiger partial charge on any atom is 0.137 e. The third kappa shape index (κ3) is 1.82. The molecule has 1 fully saturated rings. The molecule has 0 spiro atoms. The van der Waals surface area contributed by atoms with Crippen molar-refractivity contribution >= 4 is 5.69 Å². The standard InChI is InChI=1S/C13H18N2O2/c1-16-13-12-3-2-10(14)6-9(12)4-5-15(13)11-7-17-8-11/h2-3,6,11,13H,4-5,7-8,14H2,1H3. The fourth-order valence-corrected chi connectivity index (χ4v) is 2.68. The molecule has 1 aromatic rings. The second kappa shape index (κ2) is 4.29. The lowest BCUT2D eigenvalue weighted by atomic mass is 9.95. The van der Waals surface area contributed by atoms with Crippen LogP contribution in [0.5, 0.6) is 0 Å². The van der Waals surface area contributed by atoms with Crippen molar-refractivity contribution in [1.82, 2.24) is 4.90 Å². The van der Waals surface area contributed by atoms with Crippen molar-refractivity contribution in [2.24, 2.45) is 0 Å². The predicted molar refractivity (Wildman–Crippen MR) is 65.6 cm³/mol. The van der Waals surface area contributed by atoms with Crippen molar-refractivity contribution in [3.63, 3.8) is 0 Å². The number of hydrogen-bond donors (Lipinski definition) is 1. The average Bonchev–Trinajstić information content (AvgIpc) is 2.26. The molecule has 1 saturated heterocycles. The van der Waals surface area contributed by atoms with Crippen LogP contribution in [0.3, 0.4) is 0 Å². The summed E-state index contributed by atoms with van der Waals surface area (Å²) in [6, 6.07) is 6.61. The molecule has 2 heterocycles. The molecule has 1 atom stereocenters. The third-order valence-electron chi connectivity index (χ3n) is 3.69. The van der Waals surface area contributed by atoms with Crippen molar-refractivity contribution in [3.8, 4) is 0 Å². The molecule has 1 aromatic carbocycles. The highest BCUT2D eigenvalue weighted by molar-refractivity contribution is 5.46. The van der Waals surface area contributed by atoms with Crippen LogP contribution in [0, 0.1) is 0 Å². The Kier molecular flexibility index (Phi) is 2.78. The molecule has 2 N–H and O–H groups in total. The van der Waals surface area contributed by atoms with Crippen molar-refractivity contribution in [1.29, 1.82) is 0 Å².